The van der Waals surface area contributed by atoms with Crippen LogP contribution in [0.5, 0.6) is 0 Å². The molecule has 2 heterocycles. The first kappa shape index (κ1) is 13.2. The standard InChI is InChI=1S/C9H11ClFN3O4/c10-4-2-14(8(16)13-7(4)12)9(17)1-5(11)6(3-15)18-9/h2,5-6,15,17H,1,3H2,(H2,12,13,16)/t5-,6+,9-/m0/s1. The molecule has 18 heavy (non-hydrogen) atoms. The smallest absolute Gasteiger partial charge is 0.353 e. The molecule has 100 valence electrons. The van der Waals surface area contributed by atoms with Gasteiger partial charge in [-0.15, -0.1) is 0 Å². The van der Waals surface area contributed by atoms with E-state index in [1.54, 1.807) is 0 Å². The molecule has 0 aromatic carbocycles. The lowest BCUT2D eigenvalue weighted by atomic mass is 10.2. The average molecular weight is 280 g/mol. The van der Waals surface area contributed by atoms with Crippen LogP contribution in [0, 0.1) is 0 Å². The van der Waals surface area contributed by atoms with E-state index in [2.05, 4.69) is 4.98 Å². The van der Waals surface area contributed by atoms with Crippen LogP contribution in [-0.2, 0) is 10.6 Å². The number of aromatic nitrogens is 2. The SMILES string of the molecule is Nc1nc(=O)n([C@]2(O)C[C@H](F)[C@@H](CO)O2)cc1Cl. The van der Waals surface area contributed by atoms with Crippen molar-refractivity contribution in [2.24, 2.45) is 0 Å². The van der Waals surface area contributed by atoms with Crippen molar-refractivity contribution >= 4 is 17.4 Å². The van der Waals surface area contributed by atoms with Gasteiger partial charge in [-0.2, -0.15) is 4.98 Å². The molecule has 1 aliphatic heterocycles. The lowest BCUT2D eigenvalue weighted by molar-refractivity contribution is -0.258. The van der Waals surface area contributed by atoms with Crippen molar-refractivity contribution in [2.45, 2.75) is 24.6 Å². The highest BCUT2D eigenvalue weighted by Gasteiger charge is 2.48. The van der Waals surface area contributed by atoms with Gasteiger partial charge in [0.1, 0.15) is 18.1 Å². The summed E-state index contributed by atoms with van der Waals surface area (Å²) in [6.07, 6.45) is -2.32. The van der Waals surface area contributed by atoms with Crippen LogP contribution in [0.2, 0.25) is 5.02 Å². The zero-order valence-corrected chi connectivity index (χ0v) is 9.84. The molecule has 1 aliphatic rings. The fraction of sp³-hybridized carbons (Fsp3) is 0.556. The van der Waals surface area contributed by atoms with Gasteiger partial charge in [-0.3, -0.25) is 0 Å². The van der Waals surface area contributed by atoms with Crippen molar-refractivity contribution in [3.8, 4) is 0 Å². The number of hydrogen-bond donors (Lipinski definition) is 3. The van der Waals surface area contributed by atoms with E-state index in [0.717, 1.165) is 6.20 Å². The maximum atomic E-state index is 13.4. The quantitative estimate of drug-likeness (QED) is 0.654. The first-order valence-electron chi connectivity index (χ1n) is 5.07. The summed E-state index contributed by atoms with van der Waals surface area (Å²) in [4.78, 5) is 14.9. The highest BCUT2D eigenvalue weighted by molar-refractivity contribution is 6.32. The third-order valence-corrected chi connectivity index (χ3v) is 2.96. The van der Waals surface area contributed by atoms with Gasteiger partial charge in [0.2, 0.25) is 0 Å². The summed E-state index contributed by atoms with van der Waals surface area (Å²) in [7, 11) is 0. The number of ether oxygens (including phenoxy) is 1. The van der Waals surface area contributed by atoms with Crippen molar-refractivity contribution in [3.63, 3.8) is 0 Å². The summed E-state index contributed by atoms with van der Waals surface area (Å²) < 4.78 is 19.0. The van der Waals surface area contributed by atoms with E-state index in [1.807, 2.05) is 0 Å². The van der Waals surface area contributed by atoms with Crippen LogP contribution in [-0.4, -0.2) is 38.6 Å². The largest absolute Gasteiger partial charge is 0.394 e. The van der Waals surface area contributed by atoms with Gasteiger partial charge in [0.25, 0.3) is 5.91 Å². The maximum absolute atomic E-state index is 13.4. The Morgan fingerprint density at radius 1 is 1.78 bits per heavy atom. The molecule has 0 aliphatic carbocycles. The van der Waals surface area contributed by atoms with E-state index in [4.69, 9.17) is 27.2 Å². The van der Waals surface area contributed by atoms with Crippen LogP contribution in [0.4, 0.5) is 10.2 Å². The van der Waals surface area contributed by atoms with Crippen LogP contribution < -0.4 is 11.4 Å². The monoisotopic (exact) mass is 279 g/mol. The van der Waals surface area contributed by atoms with Crippen molar-refractivity contribution < 1.29 is 19.3 Å². The summed E-state index contributed by atoms with van der Waals surface area (Å²) in [5.41, 5.74) is 4.39. The van der Waals surface area contributed by atoms with Gasteiger partial charge in [-0.05, 0) is 0 Å². The Hall–Kier alpha value is -1.22. The lowest BCUT2D eigenvalue weighted by Crippen LogP contribution is -2.42. The fourth-order valence-electron chi connectivity index (χ4n) is 1.75. The van der Waals surface area contributed by atoms with E-state index in [9.17, 15) is 14.3 Å². The molecule has 7 nitrogen and oxygen atoms in total. The van der Waals surface area contributed by atoms with Crippen molar-refractivity contribution in [1.29, 1.82) is 0 Å². The number of hydrogen-bond acceptors (Lipinski definition) is 6. The van der Waals surface area contributed by atoms with E-state index < -0.39 is 36.9 Å². The Bertz CT molecular complexity index is 525. The molecular weight excluding hydrogens is 269 g/mol. The van der Waals surface area contributed by atoms with Crippen molar-refractivity contribution in [3.05, 3.63) is 21.7 Å². The average Bonchev–Trinajstić information content (AvgIpc) is 2.59. The number of nitrogens with zero attached hydrogens (tertiary/aromatic N) is 2. The Morgan fingerprint density at radius 2 is 2.44 bits per heavy atom. The van der Waals surface area contributed by atoms with Crippen molar-refractivity contribution in [2.75, 3.05) is 12.3 Å². The first-order chi connectivity index (χ1) is 8.37. The Labute approximate surface area is 106 Å². The number of aliphatic hydroxyl groups excluding tert-OH is 1. The molecule has 9 heteroatoms. The molecule has 1 aromatic rings. The summed E-state index contributed by atoms with van der Waals surface area (Å²) in [5.74, 6) is -2.43. The lowest BCUT2D eigenvalue weighted by Gasteiger charge is -2.24. The number of nitrogen functional groups attached to an aromatic ring is 1. The summed E-state index contributed by atoms with van der Waals surface area (Å²) in [6, 6.07) is 0. The van der Waals surface area contributed by atoms with Crippen LogP contribution in [0.15, 0.2) is 11.0 Å². The molecule has 2 rings (SSSR count). The highest BCUT2D eigenvalue weighted by atomic mass is 35.5. The van der Waals surface area contributed by atoms with Gasteiger partial charge in [0.15, 0.2) is 0 Å². The molecule has 0 amide bonds. The van der Waals surface area contributed by atoms with Gasteiger partial charge >= 0.3 is 5.69 Å². The summed E-state index contributed by atoms with van der Waals surface area (Å²) in [6.45, 7) is -0.617. The molecule has 0 bridgehead atoms. The van der Waals surface area contributed by atoms with E-state index in [-0.39, 0.29) is 10.8 Å². The molecule has 1 saturated heterocycles. The van der Waals surface area contributed by atoms with Gasteiger partial charge in [0.05, 0.1) is 18.1 Å². The number of aliphatic hydroxyl groups is 2. The van der Waals surface area contributed by atoms with E-state index in [0.29, 0.717) is 4.57 Å². The van der Waals surface area contributed by atoms with Crippen LogP contribution in [0.3, 0.4) is 0 Å². The molecule has 1 aromatic heterocycles. The molecule has 0 radical (unpaired) electrons. The topological polar surface area (TPSA) is 111 Å². The number of anilines is 1. The third-order valence-electron chi connectivity index (χ3n) is 2.67. The van der Waals surface area contributed by atoms with Crippen LogP contribution in [0.1, 0.15) is 6.42 Å². The molecule has 3 atom stereocenters. The molecule has 4 N–H and O–H groups in total. The minimum Gasteiger partial charge on any atom is -0.394 e. The second-order valence-electron chi connectivity index (χ2n) is 3.93. The Balaban J connectivity index is 2.43. The summed E-state index contributed by atoms with van der Waals surface area (Å²) >= 11 is 5.68. The molecule has 0 spiro atoms. The fourth-order valence-corrected chi connectivity index (χ4v) is 1.89. The highest BCUT2D eigenvalue weighted by Crippen LogP contribution is 2.34. The van der Waals surface area contributed by atoms with Gasteiger partial charge in [-0.1, -0.05) is 11.6 Å². The number of halogens is 2. The van der Waals surface area contributed by atoms with Crippen LogP contribution in [0.25, 0.3) is 0 Å². The number of rotatable bonds is 2. The Morgan fingerprint density at radius 3 is 3.00 bits per heavy atom. The molecule has 1 fully saturated rings. The molecule has 0 unspecified atom stereocenters. The Kier molecular flexibility index (Phi) is 3.28. The van der Waals surface area contributed by atoms with Gasteiger partial charge < -0.3 is 20.7 Å². The minimum absolute atomic E-state index is 0.0746. The predicted octanol–water partition coefficient (Wildman–Crippen LogP) is -0.799. The zero-order valence-electron chi connectivity index (χ0n) is 9.08. The van der Waals surface area contributed by atoms with Gasteiger partial charge in [0, 0.05) is 6.20 Å². The van der Waals surface area contributed by atoms with Crippen LogP contribution >= 0.6 is 11.6 Å². The minimum atomic E-state index is -2.23. The first-order valence-corrected chi connectivity index (χ1v) is 5.45. The predicted molar refractivity (Wildman–Crippen MR) is 59.6 cm³/mol. The third kappa shape index (κ3) is 2.07. The van der Waals surface area contributed by atoms with Gasteiger partial charge in [-0.25, -0.2) is 13.8 Å². The van der Waals surface area contributed by atoms with E-state index in [1.165, 1.54) is 0 Å². The molecular formula is C9H11ClFN3O4. The second-order valence-corrected chi connectivity index (χ2v) is 4.34. The van der Waals surface area contributed by atoms with E-state index >= 15 is 0 Å². The second kappa shape index (κ2) is 4.47. The maximum Gasteiger partial charge on any atom is 0.353 e. The zero-order chi connectivity index (χ0) is 13.5. The molecule has 0 saturated carbocycles. The number of nitrogens with two attached hydrogens (primary N) is 1. The normalized spacial score (nSPS) is 31.8. The van der Waals surface area contributed by atoms with Crippen molar-refractivity contribution in [1.82, 2.24) is 9.55 Å². The number of alkyl halides is 1. The summed E-state index contributed by atoms with van der Waals surface area (Å²) in [5, 5.41) is 18.9.